The van der Waals surface area contributed by atoms with Gasteiger partial charge < -0.3 is 14.2 Å². The zero-order valence-corrected chi connectivity index (χ0v) is 17.0. The third-order valence-electron chi connectivity index (χ3n) is 4.93. The Labute approximate surface area is 171 Å². The van der Waals surface area contributed by atoms with Gasteiger partial charge in [-0.1, -0.05) is 30.3 Å². The molecule has 28 heavy (non-hydrogen) atoms. The summed E-state index contributed by atoms with van der Waals surface area (Å²) >= 11 is 5.74. The van der Waals surface area contributed by atoms with Gasteiger partial charge in [0.25, 0.3) is 0 Å². The summed E-state index contributed by atoms with van der Waals surface area (Å²) in [6, 6.07) is 14.1. The molecule has 1 aromatic heterocycles. The molecule has 0 radical (unpaired) electrons. The summed E-state index contributed by atoms with van der Waals surface area (Å²) in [4.78, 5) is 28.9. The van der Waals surface area contributed by atoms with Crippen LogP contribution in [0.4, 0.5) is 0 Å². The number of amides is 2. The van der Waals surface area contributed by atoms with E-state index in [0.717, 1.165) is 30.8 Å². The first-order valence-electron chi connectivity index (χ1n) is 9.79. The molecule has 0 spiro atoms. The summed E-state index contributed by atoms with van der Waals surface area (Å²) in [6.07, 6.45) is 2.95. The Morgan fingerprint density at radius 1 is 1.11 bits per heavy atom. The summed E-state index contributed by atoms with van der Waals surface area (Å²) in [5, 5.41) is 0. The van der Waals surface area contributed by atoms with Gasteiger partial charge in [0.15, 0.2) is 0 Å². The van der Waals surface area contributed by atoms with Crippen LogP contribution in [0.2, 0.25) is 0 Å². The van der Waals surface area contributed by atoms with E-state index in [2.05, 4.69) is 12.1 Å². The van der Waals surface area contributed by atoms with Crippen molar-refractivity contribution in [2.24, 2.45) is 0 Å². The van der Waals surface area contributed by atoms with E-state index >= 15 is 0 Å². The Balaban J connectivity index is 1.68. The van der Waals surface area contributed by atoms with Gasteiger partial charge >= 0.3 is 0 Å². The molecule has 1 aliphatic carbocycles. The molecular formula is C22H27ClN2O3. The molecule has 0 bridgehead atoms. The number of hydrogen-bond donors (Lipinski definition) is 0. The molecule has 5 nitrogen and oxygen atoms in total. The average Bonchev–Trinajstić information content (AvgIpc) is 3.45. The highest BCUT2D eigenvalue weighted by Gasteiger charge is 2.34. The molecule has 0 aliphatic heterocycles. The van der Waals surface area contributed by atoms with Crippen molar-refractivity contribution < 1.29 is 14.0 Å². The van der Waals surface area contributed by atoms with E-state index in [9.17, 15) is 9.59 Å². The molecule has 1 fully saturated rings. The van der Waals surface area contributed by atoms with Gasteiger partial charge in [-0.15, -0.1) is 11.6 Å². The summed E-state index contributed by atoms with van der Waals surface area (Å²) in [5.41, 5.74) is 1.17. The number of furan rings is 1. The fourth-order valence-electron chi connectivity index (χ4n) is 3.24. The molecule has 1 aliphatic rings. The van der Waals surface area contributed by atoms with Crippen molar-refractivity contribution in [3.8, 4) is 0 Å². The predicted molar refractivity (Wildman–Crippen MR) is 109 cm³/mol. The first kappa shape index (κ1) is 20.5. The molecule has 3 rings (SSSR count). The van der Waals surface area contributed by atoms with Crippen molar-refractivity contribution >= 4 is 23.4 Å². The fourth-order valence-corrected chi connectivity index (χ4v) is 3.40. The van der Waals surface area contributed by atoms with Gasteiger partial charge in [0, 0.05) is 24.9 Å². The number of hydrogen-bond acceptors (Lipinski definition) is 3. The predicted octanol–water partition coefficient (Wildman–Crippen LogP) is 3.78. The lowest BCUT2D eigenvalue weighted by atomic mass is 10.1. The highest BCUT2D eigenvalue weighted by molar-refractivity contribution is 6.18. The Morgan fingerprint density at radius 3 is 2.46 bits per heavy atom. The second-order valence-electron chi connectivity index (χ2n) is 7.26. The second-order valence-corrected chi connectivity index (χ2v) is 7.63. The zero-order valence-electron chi connectivity index (χ0n) is 16.3. The molecule has 0 atom stereocenters. The van der Waals surface area contributed by atoms with Crippen molar-refractivity contribution in [3.63, 3.8) is 0 Å². The number of aryl methyl sites for hydroxylation is 1. The van der Waals surface area contributed by atoms with Crippen LogP contribution in [0.1, 0.15) is 36.3 Å². The SMILES string of the molecule is Cc1ccc(CN(CCc2ccccc2)C(=O)CN(C(=O)CCCl)C2CC2)o1. The van der Waals surface area contributed by atoms with Crippen LogP contribution in [0.15, 0.2) is 46.9 Å². The minimum Gasteiger partial charge on any atom is -0.464 e. The van der Waals surface area contributed by atoms with Crippen LogP contribution in [0.25, 0.3) is 0 Å². The first-order chi connectivity index (χ1) is 13.6. The lowest BCUT2D eigenvalue weighted by Gasteiger charge is -2.27. The van der Waals surface area contributed by atoms with E-state index in [1.54, 1.807) is 9.80 Å². The molecule has 0 N–H and O–H groups in total. The van der Waals surface area contributed by atoms with Crippen molar-refractivity contribution in [3.05, 3.63) is 59.5 Å². The van der Waals surface area contributed by atoms with E-state index in [0.29, 0.717) is 13.1 Å². The number of rotatable bonds is 10. The van der Waals surface area contributed by atoms with Gasteiger partial charge in [-0.3, -0.25) is 9.59 Å². The van der Waals surface area contributed by atoms with Gasteiger partial charge in [-0.2, -0.15) is 0 Å². The molecule has 6 heteroatoms. The molecule has 1 aromatic carbocycles. The van der Waals surface area contributed by atoms with Crippen LogP contribution in [-0.2, 0) is 22.6 Å². The van der Waals surface area contributed by atoms with Gasteiger partial charge in [0.2, 0.25) is 11.8 Å². The van der Waals surface area contributed by atoms with Gasteiger partial charge in [-0.25, -0.2) is 0 Å². The molecule has 1 heterocycles. The number of carbonyl (C=O) groups is 2. The summed E-state index contributed by atoms with van der Waals surface area (Å²) in [7, 11) is 0. The summed E-state index contributed by atoms with van der Waals surface area (Å²) in [5.74, 6) is 1.76. The Hall–Kier alpha value is -2.27. The summed E-state index contributed by atoms with van der Waals surface area (Å²) in [6.45, 7) is 2.97. The van der Waals surface area contributed by atoms with E-state index < -0.39 is 0 Å². The number of halogens is 1. The highest BCUT2D eigenvalue weighted by atomic mass is 35.5. The minimum absolute atomic E-state index is 0.0392. The zero-order chi connectivity index (χ0) is 19.9. The van der Waals surface area contributed by atoms with E-state index in [1.165, 1.54) is 5.56 Å². The molecule has 0 unspecified atom stereocenters. The van der Waals surface area contributed by atoms with Crippen molar-refractivity contribution in [2.75, 3.05) is 19.0 Å². The summed E-state index contributed by atoms with van der Waals surface area (Å²) < 4.78 is 5.68. The molecule has 0 saturated heterocycles. The largest absolute Gasteiger partial charge is 0.464 e. The monoisotopic (exact) mass is 402 g/mol. The number of nitrogens with zero attached hydrogens (tertiary/aromatic N) is 2. The van der Waals surface area contributed by atoms with Crippen LogP contribution in [0, 0.1) is 6.92 Å². The molecule has 2 aromatic rings. The van der Waals surface area contributed by atoms with E-state index in [4.69, 9.17) is 16.0 Å². The quantitative estimate of drug-likeness (QED) is 0.568. The van der Waals surface area contributed by atoms with Crippen LogP contribution < -0.4 is 0 Å². The van der Waals surface area contributed by atoms with E-state index in [-0.39, 0.29) is 36.7 Å². The fraction of sp³-hybridized carbons (Fsp3) is 0.455. The van der Waals surface area contributed by atoms with Gasteiger partial charge in [0.1, 0.15) is 18.1 Å². The first-order valence-corrected chi connectivity index (χ1v) is 10.3. The lowest BCUT2D eigenvalue weighted by Crippen LogP contribution is -2.44. The molecule has 2 amide bonds. The minimum atomic E-state index is -0.0557. The normalized spacial score (nSPS) is 13.4. The Kier molecular flexibility index (Phi) is 7.15. The Morgan fingerprint density at radius 2 is 1.86 bits per heavy atom. The molecule has 1 saturated carbocycles. The third-order valence-corrected chi connectivity index (χ3v) is 5.12. The van der Waals surface area contributed by atoms with Gasteiger partial charge in [0.05, 0.1) is 6.54 Å². The number of alkyl halides is 1. The maximum Gasteiger partial charge on any atom is 0.242 e. The molecular weight excluding hydrogens is 376 g/mol. The highest BCUT2D eigenvalue weighted by Crippen LogP contribution is 2.27. The maximum absolute atomic E-state index is 13.1. The Bertz CT molecular complexity index is 786. The number of carbonyl (C=O) groups excluding carboxylic acids is 2. The van der Waals surface area contributed by atoms with Crippen molar-refractivity contribution in [2.45, 2.75) is 45.2 Å². The maximum atomic E-state index is 13.1. The lowest BCUT2D eigenvalue weighted by molar-refractivity contribution is -0.141. The smallest absolute Gasteiger partial charge is 0.242 e. The van der Waals surface area contributed by atoms with Crippen molar-refractivity contribution in [1.29, 1.82) is 0 Å². The third kappa shape index (κ3) is 5.86. The van der Waals surface area contributed by atoms with Crippen LogP contribution in [0.5, 0.6) is 0 Å². The van der Waals surface area contributed by atoms with Crippen LogP contribution in [0.3, 0.4) is 0 Å². The second kappa shape index (κ2) is 9.78. The topological polar surface area (TPSA) is 53.8 Å². The number of benzene rings is 1. The van der Waals surface area contributed by atoms with Crippen LogP contribution in [-0.4, -0.2) is 46.6 Å². The standard InChI is InChI=1S/C22H27ClN2O3/c1-17-7-10-20(28-17)15-24(14-12-18-5-3-2-4-6-18)22(27)16-25(19-8-9-19)21(26)11-13-23/h2-7,10,19H,8-9,11-16H2,1H3. The van der Waals surface area contributed by atoms with Crippen molar-refractivity contribution in [1.82, 2.24) is 9.80 Å². The molecule has 150 valence electrons. The van der Waals surface area contributed by atoms with Crippen LogP contribution >= 0.6 is 11.6 Å². The van der Waals surface area contributed by atoms with E-state index in [1.807, 2.05) is 37.3 Å². The van der Waals surface area contributed by atoms with Gasteiger partial charge in [-0.05, 0) is 43.9 Å². The average molecular weight is 403 g/mol.